The minimum Gasteiger partial charge on any atom is -0.497 e. The average molecular weight is 746 g/mol. The van der Waals surface area contributed by atoms with E-state index in [1.165, 1.54) is 15.9 Å². The van der Waals surface area contributed by atoms with Gasteiger partial charge in [-0.3, -0.25) is 9.36 Å². The number of aromatic nitrogens is 1. The number of carbonyl (C=O) groups is 1. The van der Waals surface area contributed by atoms with Crippen molar-refractivity contribution in [1.29, 1.82) is 0 Å². The molecule has 0 unspecified atom stereocenters. The summed E-state index contributed by atoms with van der Waals surface area (Å²) in [5.41, 5.74) is 1.83. The molecule has 4 rings (SSSR count). The van der Waals surface area contributed by atoms with E-state index in [0.717, 1.165) is 12.7 Å². The summed E-state index contributed by atoms with van der Waals surface area (Å²) in [4.78, 5) is 32.2. The van der Waals surface area contributed by atoms with Gasteiger partial charge in [-0.25, -0.2) is 9.79 Å². The first-order valence-electron chi connectivity index (χ1n) is 11.2. The summed E-state index contributed by atoms with van der Waals surface area (Å²) in [6, 6.07) is 8.42. The van der Waals surface area contributed by atoms with Gasteiger partial charge >= 0.3 is 5.97 Å². The van der Waals surface area contributed by atoms with Gasteiger partial charge in [-0.15, -0.1) is 0 Å². The van der Waals surface area contributed by atoms with Crippen molar-refractivity contribution >= 4 is 68.6 Å². The van der Waals surface area contributed by atoms with E-state index in [2.05, 4.69) is 50.2 Å². The number of carbonyl (C=O) groups excluding carboxylic acids is 1. The number of fused-ring (bicyclic) bond motifs is 1. The molecule has 1 aliphatic heterocycles. The van der Waals surface area contributed by atoms with Crippen molar-refractivity contribution in [2.75, 3.05) is 27.9 Å². The Morgan fingerprint density at radius 2 is 1.89 bits per heavy atom. The number of rotatable bonds is 7. The quantitative estimate of drug-likeness (QED) is 0.268. The molecule has 1 aliphatic rings. The minimum absolute atomic E-state index is 0.188. The van der Waals surface area contributed by atoms with Gasteiger partial charge in [-0.1, -0.05) is 11.3 Å². The van der Waals surface area contributed by atoms with Gasteiger partial charge in [0.25, 0.3) is 5.56 Å². The molecule has 0 N–H and O–H groups in total. The molecule has 1 atom stereocenters. The van der Waals surface area contributed by atoms with E-state index in [-0.39, 0.29) is 17.7 Å². The lowest BCUT2D eigenvalue weighted by Crippen LogP contribution is -2.40. The maximum atomic E-state index is 13.9. The van der Waals surface area contributed by atoms with E-state index in [1.54, 1.807) is 59.5 Å². The number of nitrogens with zero attached hydrogens (tertiary/aromatic N) is 2. The Kier molecular flexibility index (Phi) is 8.63. The largest absolute Gasteiger partial charge is 0.497 e. The van der Waals surface area contributed by atoms with Crippen molar-refractivity contribution in [2.45, 2.75) is 19.9 Å². The molecule has 0 radical (unpaired) electrons. The van der Waals surface area contributed by atoms with E-state index in [0.29, 0.717) is 37.8 Å². The van der Waals surface area contributed by atoms with Gasteiger partial charge < -0.3 is 18.9 Å². The molecule has 0 fully saturated rings. The molecule has 0 spiro atoms. The first kappa shape index (κ1) is 27.6. The van der Waals surface area contributed by atoms with Crippen LogP contribution >= 0.6 is 56.5 Å². The second-order valence-corrected chi connectivity index (χ2v) is 11.3. The SMILES string of the molecule is CCOC(=O)C1=C(C)N=c2s/c(=C\c3cc(I)cc(I)c3OC)c(=O)n2[C@H]1c1cc(OC)ccc1OC. The zero-order valence-corrected chi connectivity index (χ0v) is 25.9. The summed E-state index contributed by atoms with van der Waals surface area (Å²) in [5.74, 6) is 1.21. The Balaban J connectivity index is 2.04. The van der Waals surface area contributed by atoms with E-state index in [9.17, 15) is 9.59 Å². The summed E-state index contributed by atoms with van der Waals surface area (Å²) in [6.07, 6.45) is 1.80. The Bertz CT molecular complexity index is 1590. The third-order valence-corrected chi connectivity index (χ3v) is 8.18. The standard InChI is InChI=1S/C26H24I2N2O6S/c1-6-36-25(32)21-13(2)29-26-30(22(21)17-12-16(33-3)7-8-19(17)34-4)24(31)20(37-26)10-14-9-15(27)11-18(28)23(14)35-5/h7-12,22H,6H2,1-5H3/b20-10-/t22-/m0/s1. The number of halogens is 2. The Morgan fingerprint density at radius 3 is 2.54 bits per heavy atom. The van der Waals surface area contributed by atoms with Gasteiger partial charge in [0.05, 0.1) is 47.3 Å². The molecule has 1 aromatic heterocycles. The fourth-order valence-corrected chi connectivity index (χ4v) is 7.33. The summed E-state index contributed by atoms with van der Waals surface area (Å²) in [6.45, 7) is 3.67. The van der Waals surface area contributed by atoms with Gasteiger partial charge in [-0.05, 0) is 95.4 Å². The first-order chi connectivity index (χ1) is 17.7. The van der Waals surface area contributed by atoms with Crippen LogP contribution in [0, 0.1) is 7.14 Å². The van der Waals surface area contributed by atoms with Gasteiger partial charge in [0.1, 0.15) is 23.3 Å². The van der Waals surface area contributed by atoms with Crippen LogP contribution in [0.3, 0.4) is 0 Å². The lowest BCUT2D eigenvalue weighted by atomic mass is 9.94. The normalized spacial score (nSPS) is 15.2. The van der Waals surface area contributed by atoms with Crippen LogP contribution in [0.1, 0.15) is 31.0 Å². The number of allylic oxidation sites excluding steroid dienone is 1. The second-order valence-electron chi connectivity index (χ2n) is 7.92. The summed E-state index contributed by atoms with van der Waals surface area (Å²) in [7, 11) is 4.70. The van der Waals surface area contributed by atoms with Crippen molar-refractivity contribution in [3.8, 4) is 17.2 Å². The number of benzene rings is 2. The number of thiazole rings is 1. The zero-order chi connectivity index (χ0) is 26.9. The minimum atomic E-state index is -0.819. The van der Waals surface area contributed by atoms with Crippen molar-refractivity contribution in [2.24, 2.45) is 4.99 Å². The van der Waals surface area contributed by atoms with Crippen LogP contribution in [0.15, 0.2) is 51.4 Å². The number of hydrogen-bond acceptors (Lipinski definition) is 8. The third kappa shape index (κ3) is 5.30. The molecule has 0 saturated heterocycles. The van der Waals surface area contributed by atoms with Gasteiger partial charge in [-0.2, -0.15) is 0 Å². The molecule has 2 heterocycles. The molecule has 194 valence electrons. The molecule has 11 heteroatoms. The molecule has 37 heavy (non-hydrogen) atoms. The van der Waals surface area contributed by atoms with Gasteiger partial charge in [0.2, 0.25) is 0 Å². The highest BCUT2D eigenvalue weighted by molar-refractivity contribution is 14.1. The van der Waals surface area contributed by atoms with E-state index in [4.69, 9.17) is 18.9 Å². The summed E-state index contributed by atoms with van der Waals surface area (Å²) < 4.78 is 26.0. The fourth-order valence-electron chi connectivity index (χ4n) is 4.18. The maximum absolute atomic E-state index is 13.9. The molecule has 0 aliphatic carbocycles. The Labute approximate surface area is 244 Å². The predicted molar refractivity (Wildman–Crippen MR) is 158 cm³/mol. The summed E-state index contributed by atoms with van der Waals surface area (Å²) >= 11 is 5.70. The van der Waals surface area contributed by atoms with Crippen molar-refractivity contribution in [3.05, 3.63) is 79.6 Å². The predicted octanol–water partition coefficient (Wildman–Crippen LogP) is 4.03. The molecular weight excluding hydrogens is 722 g/mol. The van der Waals surface area contributed by atoms with E-state index in [1.807, 2.05) is 12.1 Å². The van der Waals surface area contributed by atoms with Crippen molar-refractivity contribution in [3.63, 3.8) is 0 Å². The van der Waals surface area contributed by atoms with Crippen molar-refractivity contribution < 1.29 is 23.7 Å². The topological polar surface area (TPSA) is 88.4 Å². The van der Waals surface area contributed by atoms with Crippen LogP contribution in [-0.4, -0.2) is 38.5 Å². The lowest BCUT2D eigenvalue weighted by molar-refractivity contribution is -0.139. The number of esters is 1. The highest BCUT2D eigenvalue weighted by Crippen LogP contribution is 2.38. The highest BCUT2D eigenvalue weighted by atomic mass is 127. The Morgan fingerprint density at radius 1 is 1.14 bits per heavy atom. The number of methoxy groups -OCH3 is 3. The second kappa shape index (κ2) is 11.6. The third-order valence-electron chi connectivity index (χ3n) is 5.78. The van der Waals surface area contributed by atoms with Gasteiger partial charge in [0.15, 0.2) is 4.80 Å². The van der Waals surface area contributed by atoms with Crippen LogP contribution < -0.4 is 29.1 Å². The molecule has 3 aromatic rings. The molecule has 0 bridgehead atoms. The van der Waals surface area contributed by atoms with Crippen LogP contribution in [-0.2, 0) is 9.53 Å². The molecule has 2 aromatic carbocycles. The molecular formula is C26H24I2N2O6S. The molecule has 0 amide bonds. The lowest BCUT2D eigenvalue weighted by Gasteiger charge is -2.26. The van der Waals surface area contributed by atoms with Crippen LogP contribution in [0.25, 0.3) is 6.08 Å². The van der Waals surface area contributed by atoms with Crippen LogP contribution in [0.2, 0.25) is 0 Å². The van der Waals surface area contributed by atoms with Crippen molar-refractivity contribution in [1.82, 2.24) is 4.57 Å². The van der Waals surface area contributed by atoms with E-state index < -0.39 is 12.0 Å². The number of hydrogen-bond donors (Lipinski definition) is 0. The summed E-state index contributed by atoms with van der Waals surface area (Å²) in [5, 5.41) is 0. The zero-order valence-electron chi connectivity index (χ0n) is 20.8. The Hall–Kier alpha value is -2.39. The number of ether oxygens (including phenoxy) is 4. The first-order valence-corrected chi connectivity index (χ1v) is 14.2. The van der Waals surface area contributed by atoms with Crippen LogP contribution in [0.5, 0.6) is 17.2 Å². The molecule has 0 saturated carbocycles. The van der Waals surface area contributed by atoms with E-state index >= 15 is 0 Å². The monoisotopic (exact) mass is 746 g/mol. The average Bonchev–Trinajstić information content (AvgIpc) is 3.16. The maximum Gasteiger partial charge on any atom is 0.338 e. The fraction of sp³-hybridized carbons (Fsp3) is 0.269. The van der Waals surface area contributed by atoms with Gasteiger partial charge in [0, 0.05) is 14.7 Å². The highest BCUT2D eigenvalue weighted by Gasteiger charge is 2.35. The molecule has 8 nitrogen and oxygen atoms in total. The smallest absolute Gasteiger partial charge is 0.338 e. The van der Waals surface area contributed by atoms with Crippen LogP contribution in [0.4, 0.5) is 0 Å².